The lowest BCUT2D eigenvalue weighted by Crippen LogP contribution is -2.19. The molecule has 3 N–H and O–H groups in total. The molecule has 0 aliphatic rings. The SMILES string of the molecule is COc1ccccc1NS(=O)(=O)c1ccc(NC(=S)Nc2ccc(C(C)=O)cc2)cc1. The van der Waals surface area contributed by atoms with Crippen molar-refractivity contribution >= 4 is 50.2 Å². The monoisotopic (exact) mass is 455 g/mol. The number of benzene rings is 3. The molecule has 0 heterocycles. The van der Waals surface area contributed by atoms with Gasteiger partial charge in [-0.2, -0.15) is 0 Å². The van der Waals surface area contributed by atoms with Gasteiger partial charge in [-0.3, -0.25) is 9.52 Å². The van der Waals surface area contributed by atoms with Crippen molar-refractivity contribution in [1.29, 1.82) is 0 Å². The molecule has 0 saturated heterocycles. The number of methoxy groups -OCH3 is 1. The van der Waals surface area contributed by atoms with Crippen LogP contribution in [-0.4, -0.2) is 26.4 Å². The Morgan fingerprint density at radius 3 is 1.97 bits per heavy atom. The van der Waals surface area contributed by atoms with Gasteiger partial charge in [0, 0.05) is 16.9 Å². The maximum absolute atomic E-state index is 12.7. The van der Waals surface area contributed by atoms with Gasteiger partial charge in [-0.15, -0.1) is 0 Å². The Labute approximate surface area is 186 Å². The number of hydrogen-bond acceptors (Lipinski definition) is 5. The Bertz CT molecular complexity index is 1190. The Morgan fingerprint density at radius 1 is 0.871 bits per heavy atom. The topological polar surface area (TPSA) is 96.5 Å². The lowest BCUT2D eigenvalue weighted by Gasteiger charge is -2.13. The zero-order valence-electron chi connectivity index (χ0n) is 16.9. The number of rotatable bonds is 7. The summed E-state index contributed by atoms with van der Waals surface area (Å²) in [5.74, 6) is 0.416. The smallest absolute Gasteiger partial charge is 0.262 e. The fourth-order valence-electron chi connectivity index (χ4n) is 2.73. The van der Waals surface area contributed by atoms with Crippen molar-refractivity contribution in [2.45, 2.75) is 11.8 Å². The number of anilines is 3. The molecule has 160 valence electrons. The van der Waals surface area contributed by atoms with Gasteiger partial charge in [0.2, 0.25) is 0 Å². The molecule has 0 radical (unpaired) electrons. The highest BCUT2D eigenvalue weighted by Crippen LogP contribution is 2.26. The largest absolute Gasteiger partial charge is 0.495 e. The summed E-state index contributed by atoms with van der Waals surface area (Å²) in [7, 11) is -2.31. The van der Waals surface area contributed by atoms with E-state index in [1.807, 2.05) is 0 Å². The van der Waals surface area contributed by atoms with Gasteiger partial charge in [-0.25, -0.2) is 8.42 Å². The van der Waals surface area contributed by atoms with Crippen molar-refractivity contribution in [2.24, 2.45) is 0 Å². The van der Waals surface area contributed by atoms with E-state index in [0.717, 1.165) is 5.69 Å². The normalized spacial score (nSPS) is 10.8. The van der Waals surface area contributed by atoms with Gasteiger partial charge >= 0.3 is 0 Å². The molecule has 0 unspecified atom stereocenters. The molecule has 9 heteroatoms. The van der Waals surface area contributed by atoms with Gasteiger partial charge < -0.3 is 15.4 Å². The second-order valence-electron chi connectivity index (χ2n) is 6.54. The van der Waals surface area contributed by atoms with Gasteiger partial charge in [0.05, 0.1) is 17.7 Å². The van der Waals surface area contributed by atoms with E-state index in [-0.39, 0.29) is 10.7 Å². The van der Waals surface area contributed by atoms with Crippen LogP contribution in [0.2, 0.25) is 0 Å². The lowest BCUT2D eigenvalue weighted by atomic mass is 10.1. The number of ether oxygens (including phenoxy) is 1. The molecule has 3 aromatic carbocycles. The molecular formula is C22H21N3O4S2. The molecule has 0 amide bonds. The lowest BCUT2D eigenvalue weighted by molar-refractivity contribution is 0.101. The standard InChI is InChI=1S/C22H21N3O4S2/c1-15(26)16-7-9-17(10-8-16)23-22(30)24-18-11-13-19(14-12-18)31(27,28)25-20-5-3-4-6-21(20)29-2/h3-14,25H,1-2H3,(H2,23,24,30). The van der Waals surface area contributed by atoms with Crippen molar-refractivity contribution in [2.75, 3.05) is 22.5 Å². The van der Waals surface area contributed by atoms with E-state index in [0.29, 0.717) is 27.8 Å². The number of carbonyl (C=O) groups excluding carboxylic acids is 1. The summed E-state index contributed by atoms with van der Waals surface area (Å²) in [4.78, 5) is 11.4. The minimum absolute atomic E-state index is 0.0116. The Balaban J connectivity index is 1.65. The van der Waals surface area contributed by atoms with Crippen LogP contribution in [-0.2, 0) is 10.0 Å². The summed E-state index contributed by atoms with van der Waals surface area (Å²) >= 11 is 5.29. The molecule has 0 aromatic heterocycles. The molecule has 0 saturated carbocycles. The average Bonchev–Trinajstić information content (AvgIpc) is 2.74. The molecule has 0 aliphatic carbocycles. The van der Waals surface area contributed by atoms with Crippen molar-refractivity contribution in [1.82, 2.24) is 0 Å². The van der Waals surface area contributed by atoms with Crippen LogP contribution in [0.5, 0.6) is 5.75 Å². The summed E-state index contributed by atoms with van der Waals surface area (Å²) in [6.45, 7) is 1.50. The van der Waals surface area contributed by atoms with Crippen LogP contribution in [0.15, 0.2) is 77.7 Å². The quantitative estimate of drug-likeness (QED) is 0.356. The van der Waals surface area contributed by atoms with E-state index in [4.69, 9.17) is 17.0 Å². The van der Waals surface area contributed by atoms with E-state index in [9.17, 15) is 13.2 Å². The molecule has 7 nitrogen and oxygen atoms in total. The molecule has 0 atom stereocenters. The molecule has 0 bridgehead atoms. The van der Waals surface area contributed by atoms with Crippen LogP contribution in [0.25, 0.3) is 0 Å². The number of carbonyl (C=O) groups is 1. The summed E-state index contributed by atoms with van der Waals surface area (Å²) in [6.07, 6.45) is 0. The summed E-state index contributed by atoms with van der Waals surface area (Å²) in [5.41, 5.74) is 2.31. The van der Waals surface area contributed by atoms with Crippen LogP contribution in [0.4, 0.5) is 17.1 Å². The van der Waals surface area contributed by atoms with E-state index in [1.165, 1.54) is 26.2 Å². The molecule has 3 aromatic rings. The fourth-order valence-corrected chi connectivity index (χ4v) is 4.04. The van der Waals surface area contributed by atoms with Gasteiger partial charge in [0.15, 0.2) is 10.9 Å². The van der Waals surface area contributed by atoms with Crippen molar-refractivity contribution in [3.05, 3.63) is 78.4 Å². The number of sulfonamides is 1. The minimum atomic E-state index is -3.78. The molecule has 0 aliphatic heterocycles. The molecule has 0 spiro atoms. The minimum Gasteiger partial charge on any atom is -0.495 e. The highest BCUT2D eigenvalue weighted by molar-refractivity contribution is 7.92. The highest BCUT2D eigenvalue weighted by Gasteiger charge is 2.16. The molecule has 31 heavy (non-hydrogen) atoms. The van der Waals surface area contributed by atoms with Crippen LogP contribution in [0.1, 0.15) is 17.3 Å². The van der Waals surface area contributed by atoms with E-state index in [2.05, 4.69) is 15.4 Å². The Kier molecular flexibility index (Phi) is 6.88. The summed E-state index contributed by atoms with van der Waals surface area (Å²) in [6, 6.07) is 19.9. The first-order chi connectivity index (χ1) is 14.8. The van der Waals surface area contributed by atoms with E-state index < -0.39 is 10.0 Å². The zero-order valence-corrected chi connectivity index (χ0v) is 18.5. The number of para-hydroxylation sites is 2. The molecular weight excluding hydrogens is 434 g/mol. The number of Topliss-reactive ketones (excluding diaryl/α,β-unsaturated/α-hetero) is 1. The van der Waals surface area contributed by atoms with Gasteiger partial charge in [0.1, 0.15) is 5.75 Å². The first-order valence-corrected chi connectivity index (χ1v) is 11.1. The van der Waals surface area contributed by atoms with Crippen LogP contribution >= 0.6 is 12.2 Å². The van der Waals surface area contributed by atoms with Gasteiger partial charge in [-0.1, -0.05) is 12.1 Å². The number of hydrogen-bond donors (Lipinski definition) is 3. The second kappa shape index (κ2) is 9.59. The maximum Gasteiger partial charge on any atom is 0.262 e. The van der Waals surface area contributed by atoms with Crippen molar-refractivity contribution < 1.29 is 17.9 Å². The zero-order chi connectivity index (χ0) is 22.4. The van der Waals surface area contributed by atoms with Crippen LogP contribution in [0.3, 0.4) is 0 Å². The predicted octanol–water partition coefficient (Wildman–Crippen LogP) is 4.51. The molecule has 3 rings (SSSR count). The Morgan fingerprint density at radius 2 is 1.42 bits per heavy atom. The van der Waals surface area contributed by atoms with Gasteiger partial charge in [0.25, 0.3) is 10.0 Å². The third kappa shape index (κ3) is 5.80. The summed E-state index contributed by atoms with van der Waals surface area (Å²) in [5, 5.41) is 6.34. The fraction of sp³-hybridized carbons (Fsp3) is 0.0909. The third-order valence-corrected chi connectivity index (χ3v) is 5.91. The van der Waals surface area contributed by atoms with Crippen LogP contribution < -0.4 is 20.1 Å². The van der Waals surface area contributed by atoms with Gasteiger partial charge in [-0.05, 0) is 79.8 Å². The van der Waals surface area contributed by atoms with Crippen molar-refractivity contribution in [3.63, 3.8) is 0 Å². The summed E-state index contributed by atoms with van der Waals surface area (Å²) < 4.78 is 33.0. The van der Waals surface area contributed by atoms with Crippen molar-refractivity contribution in [3.8, 4) is 5.75 Å². The van der Waals surface area contributed by atoms with E-state index in [1.54, 1.807) is 60.7 Å². The number of nitrogens with one attached hydrogen (secondary N) is 3. The number of ketones is 1. The molecule has 0 fully saturated rings. The Hall–Kier alpha value is -3.43. The predicted molar refractivity (Wildman–Crippen MR) is 127 cm³/mol. The third-order valence-electron chi connectivity index (χ3n) is 4.32. The first kappa shape index (κ1) is 22.3. The van der Waals surface area contributed by atoms with E-state index >= 15 is 0 Å². The second-order valence-corrected chi connectivity index (χ2v) is 8.63. The first-order valence-electron chi connectivity index (χ1n) is 9.23. The maximum atomic E-state index is 12.7. The average molecular weight is 456 g/mol. The number of thiocarbonyl (C=S) groups is 1. The van der Waals surface area contributed by atoms with Crippen LogP contribution in [0, 0.1) is 0 Å². The highest BCUT2D eigenvalue weighted by atomic mass is 32.2.